The second kappa shape index (κ2) is 3.39. The highest BCUT2D eigenvalue weighted by Crippen LogP contribution is 2.16. The van der Waals surface area contributed by atoms with Crippen molar-refractivity contribution >= 4 is 16.9 Å². The van der Waals surface area contributed by atoms with Crippen LogP contribution >= 0.6 is 16.9 Å². The number of hydrogen-bond acceptors (Lipinski definition) is 2. The zero-order valence-electron chi connectivity index (χ0n) is 3.39. The molecule has 0 aromatic rings. The molecule has 0 aliphatic rings. The third-order valence-electron chi connectivity index (χ3n) is 0.354. The van der Waals surface area contributed by atoms with E-state index in [9.17, 15) is 9.13 Å². The molecule has 0 radical (unpaired) electrons. The summed E-state index contributed by atoms with van der Waals surface area (Å²) in [6, 6.07) is 0. The van der Waals surface area contributed by atoms with Crippen molar-refractivity contribution in [2.75, 3.05) is 0 Å². The maximum Gasteiger partial charge on any atom is 0.378 e. The second-order valence-electron chi connectivity index (χ2n) is 0.957. The summed E-state index contributed by atoms with van der Waals surface area (Å²) in [5.74, 6) is 0. The van der Waals surface area contributed by atoms with E-state index in [1.54, 1.807) is 6.92 Å². The van der Waals surface area contributed by atoms with Gasteiger partial charge in [0, 0.05) is 6.92 Å². The average molecular weight is 124 g/mol. The van der Waals surface area contributed by atoms with Crippen LogP contribution in [0.15, 0.2) is 0 Å². The zero-order valence-corrected chi connectivity index (χ0v) is 5.39. The van der Waals surface area contributed by atoms with E-state index >= 15 is 0 Å². The van der Waals surface area contributed by atoms with Gasteiger partial charge in [-0.1, -0.05) is 9.13 Å². The lowest BCUT2D eigenvalue weighted by atomic mass is 11.0. The lowest BCUT2D eigenvalue weighted by molar-refractivity contribution is 0.589. The first-order valence-electron chi connectivity index (χ1n) is 1.56. The third kappa shape index (κ3) is 2.44. The Morgan fingerprint density at radius 2 is 1.67 bits per heavy atom. The molecule has 0 bridgehead atoms. The molecule has 0 rings (SSSR count). The van der Waals surface area contributed by atoms with E-state index < -0.39 is 16.9 Å². The fraction of sp³-hybridized carbons (Fsp3) is 1.00. The Hall–Kier alpha value is 0.200. The first-order chi connectivity index (χ1) is 2.81. The maximum atomic E-state index is 9.70. The Kier molecular flexibility index (Phi) is 3.51. The highest BCUT2D eigenvalue weighted by atomic mass is 31.1. The minimum absolute atomic E-state index is 0.120. The van der Waals surface area contributed by atoms with Gasteiger partial charge < -0.3 is 0 Å². The summed E-state index contributed by atoms with van der Waals surface area (Å²) in [6.07, 6.45) is 0. The Morgan fingerprint density at radius 1 is 1.33 bits per heavy atom. The van der Waals surface area contributed by atoms with Gasteiger partial charge >= 0.3 is 22.3 Å². The summed E-state index contributed by atoms with van der Waals surface area (Å²) in [5.41, 5.74) is 0. The monoisotopic (exact) mass is 124 g/mol. The van der Waals surface area contributed by atoms with Crippen molar-refractivity contribution in [3.8, 4) is 0 Å². The highest BCUT2D eigenvalue weighted by Gasteiger charge is 2.13. The Bertz CT molecular complexity index is 54.6. The van der Waals surface area contributed by atoms with Crippen LogP contribution in [0.4, 0.5) is 0 Å². The van der Waals surface area contributed by atoms with Crippen LogP contribution in [0, 0.1) is 0 Å². The average Bonchev–Trinajstić information content (AvgIpc) is 1.65. The molecule has 0 aromatic carbocycles. The van der Waals surface area contributed by atoms with Gasteiger partial charge in [-0.2, -0.15) is 0 Å². The number of hydrogen-bond donors (Lipinski definition) is 0. The summed E-state index contributed by atoms with van der Waals surface area (Å²) in [6.45, 7) is 1.68. The summed E-state index contributed by atoms with van der Waals surface area (Å²) >= 11 is 0. The molecule has 0 aromatic heterocycles. The molecule has 0 aliphatic heterocycles. The van der Waals surface area contributed by atoms with Crippen LogP contribution in [0.2, 0.25) is 0 Å². The fourth-order valence-corrected chi connectivity index (χ4v) is 0.217. The van der Waals surface area contributed by atoms with Gasteiger partial charge in [0.25, 0.3) is 0 Å². The Morgan fingerprint density at radius 3 is 1.67 bits per heavy atom. The van der Waals surface area contributed by atoms with E-state index in [1.807, 2.05) is 0 Å². The van der Waals surface area contributed by atoms with Crippen LogP contribution in [0.25, 0.3) is 0 Å². The standard InChI is InChI=1S/C2H4O2P2/c1-2(5-3)6-4/h2H,1H3/p+2. The lowest BCUT2D eigenvalue weighted by Crippen LogP contribution is -1.66. The van der Waals surface area contributed by atoms with E-state index in [4.69, 9.17) is 0 Å². The minimum Gasteiger partial charge on any atom is -0.0721 e. The van der Waals surface area contributed by atoms with Crippen molar-refractivity contribution in [1.82, 2.24) is 0 Å². The van der Waals surface area contributed by atoms with Crippen LogP contribution in [0.1, 0.15) is 6.92 Å². The highest BCUT2D eigenvalue weighted by molar-refractivity contribution is 7.44. The Labute approximate surface area is 39.3 Å². The van der Waals surface area contributed by atoms with Crippen molar-refractivity contribution in [3.63, 3.8) is 0 Å². The Balaban J connectivity index is 3.21. The van der Waals surface area contributed by atoms with Crippen molar-refractivity contribution < 1.29 is 9.13 Å². The second-order valence-corrected chi connectivity index (χ2v) is 3.74. The summed E-state index contributed by atoms with van der Waals surface area (Å²) in [7, 11) is -0.837. The molecule has 2 atom stereocenters. The molecule has 0 spiro atoms. The molecule has 0 amide bonds. The van der Waals surface area contributed by atoms with Crippen molar-refractivity contribution in [1.29, 1.82) is 0 Å². The molecule has 2 unspecified atom stereocenters. The van der Waals surface area contributed by atoms with E-state index in [-0.39, 0.29) is 5.40 Å². The zero-order chi connectivity index (χ0) is 4.99. The van der Waals surface area contributed by atoms with Gasteiger partial charge in [0.05, 0.1) is 0 Å². The topological polar surface area (TPSA) is 34.1 Å². The van der Waals surface area contributed by atoms with Gasteiger partial charge in [-0.15, -0.1) is 0 Å². The van der Waals surface area contributed by atoms with Gasteiger partial charge in [0.2, 0.25) is 0 Å². The van der Waals surface area contributed by atoms with Gasteiger partial charge in [-0.25, -0.2) is 0 Å². The van der Waals surface area contributed by atoms with Crippen LogP contribution < -0.4 is 0 Å². The predicted octanol–water partition coefficient (Wildman–Crippen LogP) is 1.38. The van der Waals surface area contributed by atoms with E-state index in [1.165, 1.54) is 0 Å². The molecule has 6 heavy (non-hydrogen) atoms. The molecule has 34 valence electrons. The summed E-state index contributed by atoms with van der Waals surface area (Å²) in [4.78, 5) is 0. The fourth-order valence-electron chi connectivity index (χ4n) is 0.0241. The van der Waals surface area contributed by atoms with Crippen molar-refractivity contribution in [2.45, 2.75) is 12.3 Å². The third-order valence-corrected chi connectivity index (χ3v) is 1.77. The molecule has 0 N–H and O–H groups in total. The minimum atomic E-state index is -0.419. The van der Waals surface area contributed by atoms with Crippen molar-refractivity contribution in [3.05, 3.63) is 0 Å². The largest absolute Gasteiger partial charge is 0.378 e. The molecule has 4 heteroatoms. The van der Waals surface area contributed by atoms with E-state index in [0.29, 0.717) is 0 Å². The molecule has 2 nitrogen and oxygen atoms in total. The van der Waals surface area contributed by atoms with Gasteiger partial charge in [0.1, 0.15) is 0 Å². The number of rotatable bonds is 2. The first kappa shape index (κ1) is 6.20. The normalized spacial score (nSPS) is 15.5. The van der Waals surface area contributed by atoms with Crippen LogP contribution in [0.5, 0.6) is 0 Å². The molecule has 0 fully saturated rings. The molecule has 0 aliphatic carbocycles. The maximum absolute atomic E-state index is 9.70. The van der Waals surface area contributed by atoms with Crippen molar-refractivity contribution in [2.24, 2.45) is 0 Å². The molecular weight excluding hydrogens is 118 g/mol. The molecule has 0 saturated carbocycles. The quantitative estimate of drug-likeness (QED) is 0.521. The predicted molar refractivity (Wildman–Crippen MR) is 27.5 cm³/mol. The van der Waals surface area contributed by atoms with E-state index in [2.05, 4.69) is 0 Å². The summed E-state index contributed by atoms with van der Waals surface area (Å²) < 4.78 is 19.4. The van der Waals surface area contributed by atoms with Crippen LogP contribution in [-0.2, 0) is 9.13 Å². The van der Waals surface area contributed by atoms with E-state index in [0.717, 1.165) is 0 Å². The SMILES string of the molecule is CC([PH+]=O)[PH+]=O. The lowest BCUT2D eigenvalue weighted by Gasteiger charge is -1.55. The van der Waals surface area contributed by atoms with Gasteiger partial charge in [-0.3, -0.25) is 0 Å². The smallest absolute Gasteiger partial charge is 0.0721 e. The van der Waals surface area contributed by atoms with Gasteiger partial charge in [0.15, 0.2) is 0 Å². The first-order valence-corrected chi connectivity index (χ1v) is 3.53. The van der Waals surface area contributed by atoms with Crippen LogP contribution in [0.3, 0.4) is 0 Å². The van der Waals surface area contributed by atoms with Crippen LogP contribution in [-0.4, -0.2) is 5.40 Å². The molecular formula is C2H6O2P2+2. The summed E-state index contributed by atoms with van der Waals surface area (Å²) in [5, 5.41) is -0.120. The molecule has 0 heterocycles. The molecule has 0 saturated heterocycles. The van der Waals surface area contributed by atoms with Gasteiger partial charge in [-0.05, 0) is 0 Å².